The van der Waals surface area contributed by atoms with Gasteiger partial charge in [-0.25, -0.2) is 0 Å². The molecule has 0 aromatic heterocycles. The van der Waals surface area contributed by atoms with E-state index in [1.165, 1.54) is 39.0 Å². The van der Waals surface area contributed by atoms with Crippen molar-refractivity contribution in [3.05, 3.63) is 141 Å². The average Bonchev–Trinajstić information content (AvgIpc) is 3.21. The van der Waals surface area contributed by atoms with E-state index in [0.717, 1.165) is 23.1 Å². The van der Waals surface area contributed by atoms with Gasteiger partial charge in [0.15, 0.2) is 5.76 Å². The molecule has 0 spiro atoms. The molecule has 6 rings (SSSR count). The lowest BCUT2D eigenvalue weighted by atomic mass is 9.83. The summed E-state index contributed by atoms with van der Waals surface area (Å²) in [5.74, 6) is 0.988. The van der Waals surface area contributed by atoms with E-state index in [1.807, 2.05) is 0 Å². The molecule has 33 heavy (non-hydrogen) atoms. The fourth-order valence-corrected chi connectivity index (χ4v) is 5.31. The summed E-state index contributed by atoms with van der Waals surface area (Å²) in [6.45, 7) is 0.707. The number of aryl methyl sites for hydroxylation is 2. The van der Waals surface area contributed by atoms with E-state index in [4.69, 9.17) is 4.84 Å². The highest BCUT2D eigenvalue weighted by Crippen LogP contribution is 2.50. The fraction of sp³-hybridized carbons (Fsp3) is 0.133. The maximum Gasteiger partial charge on any atom is 0.160 e. The monoisotopic (exact) mass is 493 g/mol. The van der Waals surface area contributed by atoms with Crippen LogP contribution in [-0.4, -0.2) is 5.06 Å². The molecule has 4 aromatic rings. The van der Waals surface area contributed by atoms with Gasteiger partial charge in [-0.1, -0.05) is 107 Å². The van der Waals surface area contributed by atoms with Crippen LogP contribution in [0.2, 0.25) is 0 Å². The van der Waals surface area contributed by atoms with Crippen molar-refractivity contribution in [2.45, 2.75) is 25.4 Å². The van der Waals surface area contributed by atoms with Crippen molar-refractivity contribution in [3.8, 4) is 0 Å². The summed E-state index contributed by atoms with van der Waals surface area (Å²) in [6.07, 6.45) is 2.03. The van der Waals surface area contributed by atoms with E-state index in [9.17, 15) is 0 Å². The van der Waals surface area contributed by atoms with Crippen LogP contribution in [0.1, 0.15) is 39.4 Å². The van der Waals surface area contributed by atoms with Gasteiger partial charge in [0.05, 0.1) is 6.54 Å². The van der Waals surface area contributed by atoms with Crippen LogP contribution < -0.4 is 0 Å². The molecule has 162 valence electrons. The predicted octanol–water partition coefficient (Wildman–Crippen LogP) is 7.60. The molecule has 1 atom stereocenters. The number of rotatable bonds is 3. The van der Waals surface area contributed by atoms with Crippen molar-refractivity contribution >= 4 is 27.3 Å². The molecule has 0 radical (unpaired) electrons. The Balaban J connectivity index is 1.57. The van der Waals surface area contributed by atoms with Crippen molar-refractivity contribution in [2.75, 3.05) is 0 Å². The maximum atomic E-state index is 6.79. The van der Waals surface area contributed by atoms with E-state index in [-0.39, 0.29) is 6.04 Å². The minimum absolute atomic E-state index is 0.000567. The number of halogens is 1. The first-order valence-electron chi connectivity index (χ1n) is 11.4. The molecule has 1 unspecified atom stereocenters. The molecular weight excluding hydrogens is 470 g/mol. The zero-order valence-electron chi connectivity index (χ0n) is 18.2. The molecule has 4 aromatic carbocycles. The first-order chi connectivity index (χ1) is 16.3. The molecule has 0 saturated carbocycles. The minimum Gasteiger partial charge on any atom is -0.404 e. The van der Waals surface area contributed by atoms with Crippen molar-refractivity contribution in [1.29, 1.82) is 0 Å². The molecule has 0 N–H and O–H groups in total. The number of benzene rings is 4. The lowest BCUT2D eigenvalue weighted by Crippen LogP contribution is -2.23. The second-order valence-electron chi connectivity index (χ2n) is 8.66. The largest absolute Gasteiger partial charge is 0.404 e. The molecule has 0 fully saturated rings. The van der Waals surface area contributed by atoms with Crippen LogP contribution in [-0.2, 0) is 24.2 Å². The summed E-state index contributed by atoms with van der Waals surface area (Å²) in [5.41, 5.74) is 8.95. The smallest absolute Gasteiger partial charge is 0.160 e. The van der Waals surface area contributed by atoms with E-state index >= 15 is 0 Å². The van der Waals surface area contributed by atoms with Gasteiger partial charge in [-0.15, -0.1) is 5.06 Å². The third-order valence-electron chi connectivity index (χ3n) is 6.61. The highest BCUT2D eigenvalue weighted by atomic mass is 79.9. The van der Waals surface area contributed by atoms with Crippen molar-refractivity contribution in [1.82, 2.24) is 5.06 Å². The molecule has 1 aliphatic heterocycles. The van der Waals surface area contributed by atoms with Crippen LogP contribution >= 0.6 is 15.9 Å². The third-order valence-corrected chi connectivity index (χ3v) is 7.14. The van der Waals surface area contributed by atoms with E-state index in [2.05, 4.69) is 124 Å². The molecular formula is C30H24BrNO. The summed E-state index contributed by atoms with van der Waals surface area (Å²) in [5, 5.41) is 2.15. The normalized spacial score (nSPS) is 17.4. The minimum atomic E-state index is 0.000567. The number of hydrogen-bond donors (Lipinski definition) is 0. The van der Waals surface area contributed by atoms with E-state index < -0.39 is 0 Å². The van der Waals surface area contributed by atoms with Gasteiger partial charge in [0.2, 0.25) is 0 Å². The first-order valence-corrected chi connectivity index (χ1v) is 12.2. The molecule has 3 heteroatoms. The maximum absolute atomic E-state index is 6.79. The van der Waals surface area contributed by atoms with Gasteiger partial charge in [0.1, 0.15) is 6.04 Å². The van der Waals surface area contributed by atoms with Crippen molar-refractivity contribution in [3.63, 3.8) is 0 Å². The van der Waals surface area contributed by atoms with Crippen LogP contribution in [0.25, 0.3) is 11.3 Å². The summed E-state index contributed by atoms with van der Waals surface area (Å²) < 4.78 is 1.08. The Hall–Kier alpha value is -3.14. The highest BCUT2D eigenvalue weighted by Gasteiger charge is 2.39. The third kappa shape index (κ3) is 3.82. The summed E-state index contributed by atoms with van der Waals surface area (Å²) in [7, 11) is 0. The SMILES string of the molecule is Brc1ccc(C2C3=C(ON2Cc2ccccc2)c2ccccc2CCc2ccccc23)cc1. The van der Waals surface area contributed by atoms with Crippen LogP contribution in [0.3, 0.4) is 0 Å². The molecule has 2 aliphatic rings. The Kier molecular flexibility index (Phi) is 5.37. The lowest BCUT2D eigenvalue weighted by Gasteiger charge is -2.26. The van der Waals surface area contributed by atoms with Gasteiger partial charge < -0.3 is 4.84 Å². The van der Waals surface area contributed by atoms with E-state index in [1.54, 1.807) is 0 Å². The molecule has 1 aliphatic carbocycles. The van der Waals surface area contributed by atoms with Gasteiger partial charge in [-0.05, 0) is 52.8 Å². The van der Waals surface area contributed by atoms with Gasteiger partial charge >= 0.3 is 0 Å². The number of nitrogens with zero attached hydrogens (tertiary/aromatic N) is 1. The zero-order valence-corrected chi connectivity index (χ0v) is 19.8. The zero-order chi connectivity index (χ0) is 22.2. The van der Waals surface area contributed by atoms with Crippen molar-refractivity contribution in [2.24, 2.45) is 0 Å². The lowest BCUT2D eigenvalue weighted by molar-refractivity contribution is -0.0998. The quantitative estimate of drug-likeness (QED) is 0.291. The Morgan fingerprint density at radius 1 is 0.697 bits per heavy atom. The van der Waals surface area contributed by atoms with E-state index in [0.29, 0.717) is 6.54 Å². The van der Waals surface area contributed by atoms with Crippen LogP contribution in [0, 0.1) is 0 Å². The Bertz CT molecular complexity index is 1330. The van der Waals surface area contributed by atoms with Gasteiger partial charge in [-0.2, -0.15) is 0 Å². The number of hydrogen-bond acceptors (Lipinski definition) is 2. The summed E-state index contributed by atoms with van der Waals surface area (Å²) in [4.78, 5) is 6.79. The molecule has 0 amide bonds. The standard InChI is InChI=1S/C30H24BrNO/c31-25-18-16-24(17-19-25)29-28-26-12-6-4-10-22(26)14-15-23-11-5-7-13-27(23)30(28)33-32(29)20-21-8-2-1-3-9-21/h1-13,16-19,29H,14-15,20H2. The number of fused-ring (bicyclic) bond motifs is 4. The predicted molar refractivity (Wildman–Crippen MR) is 137 cm³/mol. The second-order valence-corrected chi connectivity index (χ2v) is 9.58. The molecule has 2 nitrogen and oxygen atoms in total. The summed E-state index contributed by atoms with van der Waals surface area (Å²) in [6, 6.07) is 36.8. The van der Waals surface area contributed by atoms with Gasteiger partial charge in [0, 0.05) is 15.6 Å². The van der Waals surface area contributed by atoms with Crippen LogP contribution in [0.4, 0.5) is 0 Å². The summed E-state index contributed by atoms with van der Waals surface area (Å²) >= 11 is 3.60. The van der Waals surface area contributed by atoms with Gasteiger partial charge in [-0.3, -0.25) is 0 Å². The van der Waals surface area contributed by atoms with Crippen LogP contribution in [0.15, 0.2) is 108 Å². The van der Waals surface area contributed by atoms with Crippen molar-refractivity contribution < 1.29 is 4.84 Å². The first kappa shape index (κ1) is 20.5. The molecule has 0 saturated heterocycles. The Morgan fingerprint density at radius 2 is 1.30 bits per heavy atom. The highest BCUT2D eigenvalue weighted by molar-refractivity contribution is 9.10. The topological polar surface area (TPSA) is 12.5 Å². The van der Waals surface area contributed by atoms with Gasteiger partial charge in [0.25, 0.3) is 0 Å². The Morgan fingerprint density at radius 3 is 2.03 bits per heavy atom. The Labute approximate surface area is 203 Å². The number of hydroxylamine groups is 2. The molecule has 1 heterocycles. The average molecular weight is 494 g/mol. The second kappa shape index (κ2) is 8.66. The molecule has 0 bridgehead atoms. The van der Waals surface area contributed by atoms with Crippen LogP contribution in [0.5, 0.6) is 0 Å². The fourth-order valence-electron chi connectivity index (χ4n) is 5.05.